The number of hydrogen-bond donors (Lipinski definition) is 1. The van der Waals surface area contributed by atoms with E-state index >= 15 is 0 Å². The molecule has 2 aliphatic heterocycles. The summed E-state index contributed by atoms with van der Waals surface area (Å²) in [5, 5.41) is 3.52. The highest BCUT2D eigenvalue weighted by Gasteiger charge is 2.27. The zero-order valence-electron chi connectivity index (χ0n) is 12.9. The Hall–Kier alpha value is -2.48. The Kier molecular flexibility index (Phi) is 3.68. The molecule has 3 heterocycles. The van der Waals surface area contributed by atoms with Gasteiger partial charge in [-0.25, -0.2) is 4.98 Å². The van der Waals surface area contributed by atoms with E-state index in [1.54, 1.807) is 29.7 Å². The minimum atomic E-state index is -0.181. The van der Waals surface area contributed by atoms with Gasteiger partial charge < -0.3 is 14.8 Å². The molecule has 2 aliphatic rings. The fourth-order valence-electron chi connectivity index (χ4n) is 2.81. The molecule has 1 aromatic heterocycles. The number of nitrogens with zero attached hydrogens (tertiary/aromatic N) is 2. The number of fused-ring (bicyclic) bond motifs is 2. The SMILES string of the molecule is Cc1cc(=O)n2c(n1)SCC2CC(=O)Nc1ccc2c(c1)OCO2. The van der Waals surface area contributed by atoms with Gasteiger partial charge in [-0.3, -0.25) is 14.2 Å². The fraction of sp³-hybridized carbons (Fsp3) is 0.312. The summed E-state index contributed by atoms with van der Waals surface area (Å²) in [6, 6.07) is 6.57. The number of carbonyl (C=O) groups excluding carboxylic acids is 1. The van der Waals surface area contributed by atoms with Gasteiger partial charge >= 0.3 is 0 Å². The monoisotopic (exact) mass is 345 g/mol. The van der Waals surface area contributed by atoms with Crippen molar-refractivity contribution in [1.29, 1.82) is 0 Å². The van der Waals surface area contributed by atoms with Gasteiger partial charge in [0.05, 0.1) is 6.04 Å². The van der Waals surface area contributed by atoms with Gasteiger partial charge in [0.1, 0.15) is 0 Å². The Morgan fingerprint density at radius 1 is 1.38 bits per heavy atom. The molecule has 0 saturated heterocycles. The Morgan fingerprint density at radius 2 is 2.21 bits per heavy atom. The molecule has 0 spiro atoms. The Morgan fingerprint density at radius 3 is 3.08 bits per heavy atom. The first-order valence-electron chi connectivity index (χ1n) is 7.52. The van der Waals surface area contributed by atoms with E-state index in [4.69, 9.17) is 9.47 Å². The molecule has 1 aromatic carbocycles. The average Bonchev–Trinajstić information content (AvgIpc) is 3.13. The minimum absolute atomic E-state index is 0.108. The van der Waals surface area contributed by atoms with Crippen LogP contribution in [0.3, 0.4) is 0 Å². The molecule has 124 valence electrons. The molecular formula is C16H15N3O4S. The molecular weight excluding hydrogens is 330 g/mol. The van der Waals surface area contributed by atoms with Gasteiger partial charge in [-0.15, -0.1) is 0 Å². The summed E-state index contributed by atoms with van der Waals surface area (Å²) in [6.07, 6.45) is 0.221. The number of nitrogens with one attached hydrogen (secondary N) is 1. The molecule has 4 rings (SSSR count). The van der Waals surface area contributed by atoms with Crippen LogP contribution in [-0.2, 0) is 4.79 Å². The Labute approximate surface area is 142 Å². The number of aromatic nitrogens is 2. The molecule has 0 saturated carbocycles. The van der Waals surface area contributed by atoms with E-state index in [9.17, 15) is 9.59 Å². The minimum Gasteiger partial charge on any atom is -0.454 e. The van der Waals surface area contributed by atoms with E-state index in [0.717, 1.165) is 0 Å². The van der Waals surface area contributed by atoms with Crippen LogP contribution in [0.5, 0.6) is 11.5 Å². The lowest BCUT2D eigenvalue weighted by Crippen LogP contribution is -2.27. The van der Waals surface area contributed by atoms with E-state index in [2.05, 4.69) is 10.3 Å². The topological polar surface area (TPSA) is 82.5 Å². The molecule has 0 fully saturated rings. The average molecular weight is 345 g/mol. The number of rotatable bonds is 3. The Balaban J connectivity index is 1.48. The summed E-state index contributed by atoms with van der Waals surface area (Å²) < 4.78 is 12.2. The van der Waals surface area contributed by atoms with E-state index in [1.807, 2.05) is 0 Å². The van der Waals surface area contributed by atoms with Crippen LogP contribution in [-0.4, -0.2) is 28.0 Å². The maximum atomic E-state index is 12.3. The van der Waals surface area contributed by atoms with Crippen molar-refractivity contribution in [3.05, 3.63) is 40.3 Å². The second kappa shape index (κ2) is 5.86. The van der Waals surface area contributed by atoms with E-state index in [0.29, 0.717) is 33.8 Å². The summed E-state index contributed by atoms with van der Waals surface area (Å²) in [5.41, 5.74) is 1.23. The third-order valence-corrected chi connectivity index (χ3v) is 4.99. The molecule has 1 amide bonds. The van der Waals surface area contributed by atoms with Crippen LogP contribution in [0.25, 0.3) is 0 Å². The first-order chi connectivity index (χ1) is 11.6. The molecule has 2 aromatic rings. The van der Waals surface area contributed by atoms with Crippen molar-refractivity contribution in [1.82, 2.24) is 9.55 Å². The quantitative estimate of drug-likeness (QED) is 0.856. The highest BCUT2D eigenvalue weighted by molar-refractivity contribution is 7.99. The second-order valence-corrected chi connectivity index (χ2v) is 6.66. The van der Waals surface area contributed by atoms with Crippen molar-refractivity contribution in [2.45, 2.75) is 24.5 Å². The van der Waals surface area contributed by atoms with Crippen molar-refractivity contribution in [2.75, 3.05) is 17.9 Å². The van der Waals surface area contributed by atoms with Gasteiger partial charge in [-0.1, -0.05) is 11.8 Å². The van der Waals surface area contributed by atoms with Gasteiger partial charge in [0, 0.05) is 35.7 Å². The lowest BCUT2D eigenvalue weighted by molar-refractivity contribution is -0.116. The number of anilines is 1. The lowest BCUT2D eigenvalue weighted by atomic mass is 10.2. The standard InChI is InChI=1S/C16H15N3O4S/c1-9-4-15(21)19-11(7-24-16(19)17-9)6-14(20)18-10-2-3-12-13(5-10)23-8-22-12/h2-5,11H,6-8H2,1H3,(H,18,20). The highest BCUT2D eigenvalue weighted by Crippen LogP contribution is 2.35. The summed E-state index contributed by atoms with van der Waals surface area (Å²) in [7, 11) is 0. The zero-order valence-corrected chi connectivity index (χ0v) is 13.8. The first kappa shape index (κ1) is 15.1. The van der Waals surface area contributed by atoms with Gasteiger partial charge in [-0.05, 0) is 19.1 Å². The number of thioether (sulfide) groups is 1. The number of amides is 1. The van der Waals surface area contributed by atoms with Gasteiger partial charge in [-0.2, -0.15) is 0 Å². The molecule has 24 heavy (non-hydrogen) atoms. The van der Waals surface area contributed by atoms with Crippen LogP contribution < -0.4 is 20.3 Å². The fourth-order valence-corrected chi connectivity index (χ4v) is 4.01. The largest absolute Gasteiger partial charge is 0.454 e. The molecule has 1 unspecified atom stereocenters. The highest BCUT2D eigenvalue weighted by atomic mass is 32.2. The third kappa shape index (κ3) is 2.73. The van der Waals surface area contributed by atoms with Crippen LogP contribution >= 0.6 is 11.8 Å². The van der Waals surface area contributed by atoms with Crippen molar-refractivity contribution in [2.24, 2.45) is 0 Å². The number of hydrogen-bond acceptors (Lipinski definition) is 6. The van der Waals surface area contributed by atoms with Gasteiger partial charge in [0.25, 0.3) is 5.56 Å². The number of aryl methyl sites for hydroxylation is 1. The molecule has 0 aliphatic carbocycles. The molecule has 1 N–H and O–H groups in total. The molecule has 7 nitrogen and oxygen atoms in total. The summed E-state index contributed by atoms with van der Waals surface area (Å²) in [6.45, 7) is 1.99. The van der Waals surface area contributed by atoms with Crippen LogP contribution in [0, 0.1) is 6.92 Å². The van der Waals surface area contributed by atoms with Crippen molar-refractivity contribution >= 4 is 23.4 Å². The smallest absolute Gasteiger partial charge is 0.254 e. The van der Waals surface area contributed by atoms with E-state index in [-0.39, 0.29) is 30.7 Å². The maximum Gasteiger partial charge on any atom is 0.254 e. The first-order valence-corrected chi connectivity index (χ1v) is 8.51. The molecule has 8 heteroatoms. The normalized spacial score (nSPS) is 17.6. The van der Waals surface area contributed by atoms with Crippen LogP contribution in [0.1, 0.15) is 18.2 Å². The predicted octanol–water partition coefficient (Wildman–Crippen LogP) is 1.96. The number of benzene rings is 1. The van der Waals surface area contributed by atoms with Crippen molar-refractivity contribution < 1.29 is 14.3 Å². The maximum absolute atomic E-state index is 12.3. The molecule has 0 radical (unpaired) electrons. The van der Waals surface area contributed by atoms with Crippen molar-refractivity contribution in [3.8, 4) is 11.5 Å². The second-order valence-electron chi connectivity index (χ2n) is 5.67. The zero-order chi connectivity index (χ0) is 16.7. The lowest BCUT2D eigenvalue weighted by Gasteiger charge is -2.13. The molecule has 1 atom stereocenters. The van der Waals surface area contributed by atoms with Gasteiger partial charge in [0.15, 0.2) is 16.7 Å². The Bertz CT molecular complexity index is 880. The summed E-state index contributed by atoms with van der Waals surface area (Å²) in [4.78, 5) is 28.8. The van der Waals surface area contributed by atoms with Crippen molar-refractivity contribution in [3.63, 3.8) is 0 Å². The third-order valence-electron chi connectivity index (χ3n) is 3.90. The van der Waals surface area contributed by atoms with Crippen LogP contribution in [0.15, 0.2) is 34.2 Å². The summed E-state index contributed by atoms with van der Waals surface area (Å²) in [5.74, 6) is 1.80. The predicted molar refractivity (Wildman–Crippen MR) is 88.8 cm³/mol. The van der Waals surface area contributed by atoms with Crippen LogP contribution in [0.2, 0.25) is 0 Å². The summed E-state index contributed by atoms with van der Waals surface area (Å²) >= 11 is 1.50. The van der Waals surface area contributed by atoms with Crippen LogP contribution in [0.4, 0.5) is 5.69 Å². The number of ether oxygens (including phenoxy) is 2. The number of carbonyl (C=O) groups is 1. The van der Waals surface area contributed by atoms with Gasteiger partial charge in [0.2, 0.25) is 12.7 Å². The van der Waals surface area contributed by atoms with E-state index < -0.39 is 0 Å². The van der Waals surface area contributed by atoms with E-state index in [1.165, 1.54) is 17.8 Å². The molecule has 0 bridgehead atoms.